The van der Waals surface area contributed by atoms with Crippen molar-refractivity contribution in [3.05, 3.63) is 0 Å². The van der Waals surface area contributed by atoms with Crippen LogP contribution in [0, 0.1) is 0 Å². The summed E-state index contributed by atoms with van der Waals surface area (Å²) >= 11 is 0. The predicted molar refractivity (Wildman–Crippen MR) is 73.3 cm³/mol. The van der Waals surface area contributed by atoms with Gasteiger partial charge in [-0.3, -0.25) is 9.59 Å². The van der Waals surface area contributed by atoms with Crippen LogP contribution in [0.2, 0.25) is 0 Å². The van der Waals surface area contributed by atoms with E-state index in [1.54, 1.807) is 18.9 Å². The van der Waals surface area contributed by atoms with Crippen LogP contribution in [0.4, 0.5) is 0 Å². The zero-order valence-electron chi connectivity index (χ0n) is 12.8. The average Bonchev–Trinajstić information content (AvgIpc) is 2.86. The summed E-state index contributed by atoms with van der Waals surface area (Å²) in [4.78, 5) is 37.7. The molecular formula is C14H22N2O5. The highest BCUT2D eigenvalue weighted by atomic mass is 16.5. The van der Waals surface area contributed by atoms with E-state index in [0.717, 1.165) is 0 Å². The summed E-state index contributed by atoms with van der Waals surface area (Å²) in [5.41, 5.74) is -1.06. The lowest BCUT2D eigenvalue weighted by molar-refractivity contribution is -0.163. The Kier molecular flexibility index (Phi) is 4.22. The number of carbonyl (C=O) groups is 3. The normalized spacial score (nSPS) is 35.3. The molecule has 0 spiro atoms. The third-order valence-electron chi connectivity index (χ3n) is 4.40. The zero-order chi connectivity index (χ0) is 15.8. The Hall–Kier alpha value is -1.63. The molecule has 4 atom stereocenters. The molecule has 0 radical (unpaired) electrons. The van der Waals surface area contributed by atoms with Crippen LogP contribution in [0.1, 0.15) is 33.1 Å². The van der Waals surface area contributed by atoms with Crippen LogP contribution in [-0.2, 0) is 23.9 Å². The molecule has 2 heterocycles. The van der Waals surface area contributed by atoms with Gasteiger partial charge in [0.2, 0.25) is 11.8 Å². The number of esters is 1. The minimum atomic E-state index is -1.06. The molecule has 2 aliphatic heterocycles. The van der Waals surface area contributed by atoms with E-state index in [9.17, 15) is 14.4 Å². The van der Waals surface area contributed by atoms with E-state index in [0.29, 0.717) is 19.3 Å². The van der Waals surface area contributed by atoms with Crippen LogP contribution in [0.25, 0.3) is 0 Å². The van der Waals surface area contributed by atoms with Crippen molar-refractivity contribution >= 4 is 17.8 Å². The molecular weight excluding hydrogens is 276 g/mol. The summed E-state index contributed by atoms with van der Waals surface area (Å²) in [6.07, 6.45) is 1.44. The molecule has 2 amide bonds. The van der Waals surface area contributed by atoms with Gasteiger partial charge < -0.3 is 19.7 Å². The minimum absolute atomic E-state index is 0.145. The van der Waals surface area contributed by atoms with Crippen molar-refractivity contribution in [2.75, 3.05) is 14.2 Å². The molecule has 0 aromatic carbocycles. The van der Waals surface area contributed by atoms with Gasteiger partial charge in [0.1, 0.15) is 11.6 Å². The minimum Gasteiger partial charge on any atom is -0.467 e. The fourth-order valence-corrected chi connectivity index (χ4v) is 3.51. The van der Waals surface area contributed by atoms with Crippen LogP contribution >= 0.6 is 0 Å². The molecule has 2 saturated heterocycles. The van der Waals surface area contributed by atoms with Gasteiger partial charge in [0.15, 0.2) is 0 Å². The summed E-state index contributed by atoms with van der Waals surface area (Å²) in [5, 5.41) is 2.70. The molecule has 21 heavy (non-hydrogen) atoms. The summed E-state index contributed by atoms with van der Waals surface area (Å²) in [6.45, 7) is 3.04. The van der Waals surface area contributed by atoms with Crippen molar-refractivity contribution in [3.8, 4) is 0 Å². The van der Waals surface area contributed by atoms with Crippen LogP contribution in [0.5, 0.6) is 0 Å². The Morgan fingerprint density at radius 3 is 2.52 bits per heavy atom. The number of hydrogen-bond acceptors (Lipinski definition) is 5. The maximum absolute atomic E-state index is 12.8. The predicted octanol–water partition coefficient (Wildman–Crippen LogP) is -0.167. The van der Waals surface area contributed by atoms with E-state index in [4.69, 9.17) is 9.47 Å². The van der Waals surface area contributed by atoms with Crippen LogP contribution in [0.3, 0.4) is 0 Å². The van der Waals surface area contributed by atoms with E-state index in [1.165, 1.54) is 14.0 Å². The second-order valence-corrected chi connectivity index (χ2v) is 5.89. The molecule has 2 aliphatic rings. The topological polar surface area (TPSA) is 84.9 Å². The van der Waals surface area contributed by atoms with Gasteiger partial charge in [-0.1, -0.05) is 0 Å². The molecule has 2 fully saturated rings. The van der Waals surface area contributed by atoms with Crippen molar-refractivity contribution in [2.24, 2.45) is 0 Å². The van der Waals surface area contributed by atoms with E-state index >= 15 is 0 Å². The average molecular weight is 298 g/mol. The number of nitrogens with one attached hydrogen (secondary N) is 1. The molecule has 7 nitrogen and oxygen atoms in total. The van der Waals surface area contributed by atoms with Gasteiger partial charge in [-0.2, -0.15) is 0 Å². The maximum atomic E-state index is 12.8. The summed E-state index contributed by atoms with van der Waals surface area (Å²) in [7, 11) is 2.89. The Labute approximate surface area is 123 Å². The molecule has 0 aromatic heterocycles. The first-order valence-electron chi connectivity index (χ1n) is 7.06. The van der Waals surface area contributed by atoms with Crippen molar-refractivity contribution in [2.45, 2.75) is 56.8 Å². The first-order chi connectivity index (χ1) is 9.84. The molecule has 0 unspecified atom stereocenters. The van der Waals surface area contributed by atoms with Gasteiger partial charge in [0, 0.05) is 20.5 Å². The summed E-state index contributed by atoms with van der Waals surface area (Å²) in [5.74, 6) is -0.954. The largest absolute Gasteiger partial charge is 0.467 e. The Morgan fingerprint density at radius 1 is 1.33 bits per heavy atom. The fraction of sp³-hybridized carbons (Fsp3) is 0.786. The maximum Gasteiger partial charge on any atom is 0.328 e. The number of ether oxygens (including phenoxy) is 2. The quantitative estimate of drug-likeness (QED) is 0.731. The second-order valence-electron chi connectivity index (χ2n) is 5.89. The van der Waals surface area contributed by atoms with Gasteiger partial charge in [0.25, 0.3) is 0 Å². The number of piperidine rings is 1. The van der Waals surface area contributed by atoms with Gasteiger partial charge in [0.05, 0.1) is 19.3 Å². The molecule has 1 N–H and O–H groups in total. The first-order valence-corrected chi connectivity index (χ1v) is 7.06. The summed E-state index contributed by atoms with van der Waals surface area (Å²) < 4.78 is 10.3. The highest BCUT2D eigenvalue weighted by Gasteiger charge is 2.55. The van der Waals surface area contributed by atoms with Gasteiger partial charge >= 0.3 is 5.97 Å². The van der Waals surface area contributed by atoms with Crippen molar-refractivity contribution < 1.29 is 23.9 Å². The third kappa shape index (κ3) is 2.62. The lowest BCUT2D eigenvalue weighted by atomic mass is 9.84. The number of methoxy groups -OCH3 is 2. The second kappa shape index (κ2) is 5.63. The molecule has 0 aromatic rings. The third-order valence-corrected chi connectivity index (χ3v) is 4.40. The van der Waals surface area contributed by atoms with Crippen molar-refractivity contribution in [1.29, 1.82) is 0 Å². The van der Waals surface area contributed by atoms with Gasteiger partial charge in [-0.15, -0.1) is 0 Å². The van der Waals surface area contributed by atoms with Crippen LogP contribution in [-0.4, -0.2) is 60.6 Å². The Bertz CT molecular complexity index is 466. The number of amides is 2. The highest BCUT2D eigenvalue weighted by Crippen LogP contribution is 2.38. The Balaban J connectivity index is 2.34. The molecule has 7 heteroatoms. The standard InChI is InChI=1S/C14H22N2O5/c1-8(17)15-14(2)7-11(20-3)9-5-6-10(12(18)21-4)16(9)13(14)19/h9-11H,5-7H2,1-4H3,(H,15,17)/t9-,10-,11-,14-/m0/s1. The molecule has 118 valence electrons. The first kappa shape index (κ1) is 15.8. The van der Waals surface area contributed by atoms with E-state index in [1.807, 2.05) is 0 Å². The van der Waals surface area contributed by atoms with Gasteiger partial charge in [-0.25, -0.2) is 4.79 Å². The van der Waals surface area contributed by atoms with E-state index in [-0.39, 0.29) is 24.0 Å². The van der Waals surface area contributed by atoms with Crippen LogP contribution < -0.4 is 5.32 Å². The number of rotatable bonds is 3. The molecule has 0 saturated carbocycles. The molecule has 0 aliphatic carbocycles. The smallest absolute Gasteiger partial charge is 0.328 e. The van der Waals surface area contributed by atoms with Crippen molar-refractivity contribution in [1.82, 2.24) is 10.2 Å². The SMILES string of the molecule is COC(=O)[C@@H]1CC[C@H]2[C@@H](OC)C[C@](C)(NC(C)=O)C(=O)N12. The molecule has 2 rings (SSSR count). The molecule has 0 bridgehead atoms. The Morgan fingerprint density at radius 2 is 2.00 bits per heavy atom. The zero-order valence-corrected chi connectivity index (χ0v) is 12.8. The number of nitrogens with zero attached hydrogens (tertiary/aromatic N) is 1. The van der Waals surface area contributed by atoms with E-state index < -0.39 is 17.6 Å². The lowest BCUT2D eigenvalue weighted by Gasteiger charge is -2.46. The van der Waals surface area contributed by atoms with Crippen molar-refractivity contribution in [3.63, 3.8) is 0 Å². The fourth-order valence-electron chi connectivity index (χ4n) is 3.51. The number of fused-ring (bicyclic) bond motifs is 1. The van der Waals surface area contributed by atoms with E-state index in [2.05, 4.69) is 5.32 Å². The van der Waals surface area contributed by atoms with Crippen LogP contribution in [0.15, 0.2) is 0 Å². The number of carbonyl (C=O) groups excluding carboxylic acids is 3. The van der Waals surface area contributed by atoms with Gasteiger partial charge in [-0.05, 0) is 19.8 Å². The lowest BCUT2D eigenvalue weighted by Crippen LogP contribution is -2.68. The highest BCUT2D eigenvalue weighted by molar-refractivity contribution is 5.94. The monoisotopic (exact) mass is 298 g/mol. The summed E-state index contributed by atoms with van der Waals surface area (Å²) in [6, 6.07) is -0.744. The number of hydrogen-bond donors (Lipinski definition) is 1.